The molecule has 2 aromatic heterocycles. The molecule has 0 aliphatic carbocycles. The van der Waals surface area contributed by atoms with Crippen molar-refractivity contribution in [3.05, 3.63) is 11.6 Å². The first kappa shape index (κ1) is 12.1. The summed E-state index contributed by atoms with van der Waals surface area (Å²) in [6.07, 6.45) is 3.85. The molecule has 9 heteroatoms. The van der Waals surface area contributed by atoms with E-state index in [-0.39, 0.29) is 5.28 Å². The zero-order chi connectivity index (χ0) is 12.4. The lowest BCUT2D eigenvalue weighted by Crippen LogP contribution is -2.21. The highest BCUT2D eigenvalue weighted by atomic mass is 35.5. The number of halogens is 1. The van der Waals surface area contributed by atoms with Crippen LogP contribution in [0.4, 0.5) is 5.95 Å². The minimum atomic E-state index is 0.221. The highest BCUT2D eigenvalue weighted by Gasteiger charge is 2.17. The smallest absolute Gasteiger partial charge is 0.230 e. The van der Waals surface area contributed by atoms with E-state index in [0.29, 0.717) is 11.1 Å². The molecule has 3 heterocycles. The van der Waals surface area contributed by atoms with Crippen LogP contribution in [0.15, 0.2) is 15.8 Å². The van der Waals surface area contributed by atoms with Gasteiger partial charge >= 0.3 is 0 Å². The summed E-state index contributed by atoms with van der Waals surface area (Å²) in [6.45, 7) is 1.95. The maximum Gasteiger partial charge on any atom is 0.230 e. The summed E-state index contributed by atoms with van der Waals surface area (Å²) in [6, 6.07) is 0. The van der Waals surface area contributed by atoms with Gasteiger partial charge in [-0.3, -0.25) is 0 Å². The number of aromatic nitrogens is 5. The van der Waals surface area contributed by atoms with Crippen molar-refractivity contribution < 1.29 is 0 Å². The van der Waals surface area contributed by atoms with Gasteiger partial charge in [-0.1, -0.05) is 0 Å². The minimum absolute atomic E-state index is 0.221. The predicted octanol–water partition coefficient (Wildman–Crippen LogP) is 2.13. The number of rotatable bonds is 3. The van der Waals surface area contributed by atoms with Gasteiger partial charge in [-0.2, -0.15) is 19.3 Å². The normalized spacial score (nSPS) is 15.3. The molecule has 1 saturated heterocycles. The third-order valence-electron chi connectivity index (χ3n) is 2.48. The van der Waals surface area contributed by atoms with Crippen LogP contribution in [0.5, 0.6) is 0 Å². The Morgan fingerprint density at radius 3 is 2.78 bits per heavy atom. The number of anilines is 1. The molecular weight excluding hydrogens is 292 g/mol. The van der Waals surface area contributed by atoms with Crippen molar-refractivity contribution in [2.45, 2.75) is 22.3 Å². The fraction of sp³-hybridized carbons (Fsp3) is 0.444. The first-order valence-electron chi connectivity index (χ1n) is 5.42. The molecule has 3 rings (SSSR count). The molecule has 0 atom stereocenters. The van der Waals surface area contributed by atoms with Gasteiger partial charge in [-0.05, 0) is 47.7 Å². The lowest BCUT2D eigenvalue weighted by molar-refractivity contribution is 0.826. The minimum Gasteiger partial charge on any atom is -0.341 e. The van der Waals surface area contributed by atoms with Crippen LogP contribution in [0.1, 0.15) is 12.8 Å². The van der Waals surface area contributed by atoms with Gasteiger partial charge < -0.3 is 4.90 Å². The van der Waals surface area contributed by atoms with Crippen LogP contribution in [0, 0.1) is 0 Å². The molecule has 0 radical (unpaired) electrons. The number of hydrogen-bond donors (Lipinski definition) is 0. The van der Waals surface area contributed by atoms with E-state index in [0.717, 1.165) is 17.4 Å². The van der Waals surface area contributed by atoms with Gasteiger partial charge in [-0.15, -0.1) is 0 Å². The van der Waals surface area contributed by atoms with Crippen molar-refractivity contribution >= 4 is 40.8 Å². The van der Waals surface area contributed by atoms with Crippen LogP contribution in [-0.4, -0.2) is 37.4 Å². The van der Waals surface area contributed by atoms with E-state index in [1.54, 1.807) is 0 Å². The quantitative estimate of drug-likeness (QED) is 0.860. The van der Waals surface area contributed by atoms with Crippen LogP contribution in [0.2, 0.25) is 5.28 Å². The summed E-state index contributed by atoms with van der Waals surface area (Å²) < 4.78 is 4.73. The molecule has 1 fully saturated rings. The second kappa shape index (κ2) is 5.33. The summed E-state index contributed by atoms with van der Waals surface area (Å²) >= 11 is 8.59. The van der Waals surface area contributed by atoms with E-state index < -0.39 is 0 Å². The van der Waals surface area contributed by atoms with Crippen molar-refractivity contribution in [2.24, 2.45) is 0 Å². The Bertz CT molecular complexity index is 528. The Morgan fingerprint density at radius 1 is 1.22 bits per heavy atom. The Hall–Kier alpha value is -0.990. The van der Waals surface area contributed by atoms with Gasteiger partial charge in [-0.25, -0.2) is 4.98 Å². The lowest BCUT2D eigenvalue weighted by atomic mass is 10.4. The first-order valence-corrected chi connectivity index (χ1v) is 7.39. The standard InChI is InChI=1S/C9H9ClN6S2/c10-6-13-7(16-3-1-2-4-16)15-8(14-6)17-9-11-5-12-18-9/h5H,1-4H2. The molecule has 94 valence electrons. The predicted molar refractivity (Wildman–Crippen MR) is 70.3 cm³/mol. The molecule has 0 amide bonds. The van der Waals surface area contributed by atoms with Gasteiger partial charge in [0.1, 0.15) is 6.33 Å². The summed E-state index contributed by atoms with van der Waals surface area (Å²) in [5, 5.41) is 0.785. The molecule has 0 saturated carbocycles. The average molecular weight is 301 g/mol. The fourth-order valence-corrected chi connectivity index (χ4v) is 3.21. The monoisotopic (exact) mass is 300 g/mol. The van der Waals surface area contributed by atoms with Crippen molar-refractivity contribution in [1.29, 1.82) is 0 Å². The zero-order valence-electron chi connectivity index (χ0n) is 9.28. The van der Waals surface area contributed by atoms with E-state index in [4.69, 9.17) is 11.6 Å². The lowest BCUT2D eigenvalue weighted by Gasteiger charge is -2.14. The molecule has 0 spiro atoms. The highest BCUT2D eigenvalue weighted by Crippen LogP contribution is 2.27. The third-order valence-corrected chi connectivity index (χ3v) is 4.23. The van der Waals surface area contributed by atoms with Crippen LogP contribution in [0.3, 0.4) is 0 Å². The van der Waals surface area contributed by atoms with E-state index in [9.17, 15) is 0 Å². The third kappa shape index (κ3) is 2.70. The van der Waals surface area contributed by atoms with E-state index >= 15 is 0 Å². The second-order valence-electron chi connectivity index (χ2n) is 3.69. The summed E-state index contributed by atoms with van der Waals surface area (Å²) in [7, 11) is 0. The van der Waals surface area contributed by atoms with Gasteiger partial charge in [0.05, 0.1) is 0 Å². The molecule has 2 aromatic rings. The average Bonchev–Trinajstić information content (AvgIpc) is 3.00. The molecule has 1 aliphatic heterocycles. The Balaban J connectivity index is 1.85. The van der Waals surface area contributed by atoms with E-state index in [2.05, 4.69) is 29.2 Å². The maximum atomic E-state index is 5.93. The largest absolute Gasteiger partial charge is 0.341 e. The Labute approximate surface area is 117 Å². The maximum absolute atomic E-state index is 5.93. The van der Waals surface area contributed by atoms with Crippen molar-refractivity contribution in [3.63, 3.8) is 0 Å². The molecule has 1 aliphatic rings. The fourth-order valence-electron chi connectivity index (χ4n) is 1.71. The summed E-state index contributed by atoms with van der Waals surface area (Å²) in [4.78, 5) is 18.9. The van der Waals surface area contributed by atoms with Crippen LogP contribution in [0.25, 0.3) is 0 Å². The molecule has 6 nitrogen and oxygen atoms in total. The molecular formula is C9H9ClN6S2. The van der Waals surface area contributed by atoms with Crippen molar-refractivity contribution in [1.82, 2.24) is 24.3 Å². The van der Waals surface area contributed by atoms with Crippen LogP contribution < -0.4 is 4.90 Å². The van der Waals surface area contributed by atoms with E-state index in [1.807, 2.05) is 0 Å². The van der Waals surface area contributed by atoms with Crippen molar-refractivity contribution in [2.75, 3.05) is 18.0 Å². The van der Waals surface area contributed by atoms with Gasteiger partial charge in [0.25, 0.3) is 0 Å². The molecule has 0 aromatic carbocycles. The molecule has 0 unspecified atom stereocenters. The van der Waals surface area contributed by atoms with Crippen LogP contribution >= 0.6 is 34.9 Å². The molecule has 18 heavy (non-hydrogen) atoms. The Morgan fingerprint density at radius 2 is 2.06 bits per heavy atom. The topological polar surface area (TPSA) is 67.7 Å². The SMILES string of the molecule is Clc1nc(Sc2ncns2)nc(N2CCCC2)n1. The highest BCUT2D eigenvalue weighted by molar-refractivity contribution is 8.00. The van der Waals surface area contributed by atoms with Gasteiger partial charge in [0.15, 0.2) is 4.34 Å². The number of hydrogen-bond acceptors (Lipinski definition) is 8. The summed E-state index contributed by atoms with van der Waals surface area (Å²) in [5.41, 5.74) is 0. The molecule has 0 bridgehead atoms. The Kier molecular flexibility index (Phi) is 3.57. The number of nitrogens with zero attached hydrogens (tertiary/aromatic N) is 6. The van der Waals surface area contributed by atoms with Gasteiger partial charge in [0, 0.05) is 13.1 Å². The first-order chi connectivity index (χ1) is 8.81. The van der Waals surface area contributed by atoms with E-state index in [1.165, 1.54) is 42.5 Å². The van der Waals surface area contributed by atoms with Gasteiger partial charge in [0.2, 0.25) is 16.4 Å². The van der Waals surface area contributed by atoms with Crippen LogP contribution in [-0.2, 0) is 0 Å². The molecule has 0 N–H and O–H groups in total. The van der Waals surface area contributed by atoms with Crippen molar-refractivity contribution in [3.8, 4) is 0 Å². The zero-order valence-corrected chi connectivity index (χ0v) is 11.7. The summed E-state index contributed by atoms with van der Waals surface area (Å²) in [5.74, 6) is 0.652. The second-order valence-corrected chi connectivity index (χ2v) is 6.02.